The number of sulfonamides is 1. The SMILES string of the molecule is CCNC(CCNS(C)(=O)=O)C(=O)C(C)C. The highest BCUT2D eigenvalue weighted by atomic mass is 32.2. The van der Waals surface area contributed by atoms with Crippen molar-refractivity contribution in [1.29, 1.82) is 0 Å². The molecule has 1 atom stereocenters. The van der Waals surface area contributed by atoms with E-state index in [2.05, 4.69) is 10.0 Å². The molecule has 0 aromatic carbocycles. The largest absolute Gasteiger partial charge is 0.308 e. The molecule has 0 aliphatic heterocycles. The molecule has 0 aromatic rings. The Morgan fingerprint density at radius 3 is 2.25 bits per heavy atom. The van der Waals surface area contributed by atoms with Crippen LogP contribution >= 0.6 is 0 Å². The van der Waals surface area contributed by atoms with Gasteiger partial charge in [0.15, 0.2) is 5.78 Å². The summed E-state index contributed by atoms with van der Waals surface area (Å²) in [7, 11) is -3.17. The molecule has 0 spiro atoms. The molecule has 0 saturated heterocycles. The van der Waals surface area contributed by atoms with Crippen LogP contribution in [0.5, 0.6) is 0 Å². The maximum Gasteiger partial charge on any atom is 0.208 e. The Balaban J connectivity index is 4.19. The number of likely N-dealkylation sites (N-methyl/N-ethyl adjacent to an activating group) is 1. The van der Waals surface area contributed by atoms with E-state index >= 15 is 0 Å². The summed E-state index contributed by atoms with van der Waals surface area (Å²) >= 11 is 0. The van der Waals surface area contributed by atoms with E-state index in [0.29, 0.717) is 13.0 Å². The van der Waals surface area contributed by atoms with Crippen molar-refractivity contribution in [3.05, 3.63) is 0 Å². The monoisotopic (exact) mass is 250 g/mol. The van der Waals surface area contributed by atoms with Gasteiger partial charge in [-0.15, -0.1) is 0 Å². The third-order valence-corrected chi connectivity index (χ3v) is 2.89. The molecule has 16 heavy (non-hydrogen) atoms. The van der Waals surface area contributed by atoms with Crippen molar-refractivity contribution in [1.82, 2.24) is 10.0 Å². The number of hydrogen-bond acceptors (Lipinski definition) is 4. The van der Waals surface area contributed by atoms with Gasteiger partial charge in [0.25, 0.3) is 0 Å². The smallest absolute Gasteiger partial charge is 0.208 e. The molecule has 0 bridgehead atoms. The first-order valence-electron chi connectivity index (χ1n) is 5.49. The molecule has 0 aliphatic carbocycles. The van der Waals surface area contributed by atoms with Gasteiger partial charge in [0.2, 0.25) is 10.0 Å². The van der Waals surface area contributed by atoms with Crippen LogP contribution in [0.15, 0.2) is 0 Å². The van der Waals surface area contributed by atoms with Gasteiger partial charge >= 0.3 is 0 Å². The van der Waals surface area contributed by atoms with E-state index in [-0.39, 0.29) is 24.3 Å². The first-order chi connectivity index (χ1) is 7.28. The molecule has 0 rings (SSSR count). The molecule has 0 amide bonds. The molecule has 96 valence electrons. The van der Waals surface area contributed by atoms with E-state index in [9.17, 15) is 13.2 Å². The molecule has 0 radical (unpaired) electrons. The highest BCUT2D eigenvalue weighted by Gasteiger charge is 2.19. The molecule has 2 N–H and O–H groups in total. The summed E-state index contributed by atoms with van der Waals surface area (Å²) in [6.45, 7) is 6.59. The zero-order chi connectivity index (χ0) is 12.8. The van der Waals surface area contributed by atoms with Crippen LogP contribution in [0.4, 0.5) is 0 Å². The van der Waals surface area contributed by atoms with Crippen molar-refractivity contribution < 1.29 is 13.2 Å². The third-order valence-electron chi connectivity index (χ3n) is 2.16. The summed E-state index contributed by atoms with van der Waals surface area (Å²) in [5.74, 6) is 0.0828. The number of Topliss-reactive ketones (excluding diaryl/α,β-unsaturated/α-hetero) is 1. The molecule has 1 unspecified atom stereocenters. The van der Waals surface area contributed by atoms with E-state index in [1.807, 2.05) is 20.8 Å². The lowest BCUT2D eigenvalue weighted by Gasteiger charge is -2.18. The average Bonchev–Trinajstić information content (AvgIpc) is 2.13. The van der Waals surface area contributed by atoms with Gasteiger partial charge < -0.3 is 5.32 Å². The molecule has 5 nitrogen and oxygen atoms in total. The molecular formula is C10H22N2O3S. The van der Waals surface area contributed by atoms with Crippen LogP contribution in [-0.4, -0.2) is 39.6 Å². The third kappa shape index (κ3) is 6.92. The van der Waals surface area contributed by atoms with Gasteiger partial charge in [-0.3, -0.25) is 4.79 Å². The van der Waals surface area contributed by atoms with Crippen LogP contribution < -0.4 is 10.0 Å². The number of carbonyl (C=O) groups excluding carboxylic acids is 1. The van der Waals surface area contributed by atoms with E-state index < -0.39 is 10.0 Å². The van der Waals surface area contributed by atoms with Crippen molar-refractivity contribution >= 4 is 15.8 Å². The highest BCUT2D eigenvalue weighted by Crippen LogP contribution is 2.03. The zero-order valence-corrected chi connectivity index (χ0v) is 11.2. The second kappa shape index (κ2) is 6.98. The van der Waals surface area contributed by atoms with Crippen LogP contribution in [0.2, 0.25) is 0 Å². The van der Waals surface area contributed by atoms with Crippen LogP contribution in [0, 0.1) is 5.92 Å². The Hall–Kier alpha value is -0.460. The van der Waals surface area contributed by atoms with Crippen molar-refractivity contribution in [2.45, 2.75) is 33.2 Å². The van der Waals surface area contributed by atoms with Crippen LogP contribution in [-0.2, 0) is 14.8 Å². The molecule has 0 saturated carbocycles. The fourth-order valence-electron chi connectivity index (χ4n) is 1.38. The molecule has 6 heteroatoms. The first kappa shape index (κ1) is 15.5. The maximum atomic E-state index is 11.7. The van der Waals surface area contributed by atoms with Gasteiger partial charge in [0, 0.05) is 12.5 Å². The van der Waals surface area contributed by atoms with Crippen molar-refractivity contribution in [3.8, 4) is 0 Å². The summed E-state index contributed by atoms with van der Waals surface area (Å²) in [6.07, 6.45) is 1.59. The lowest BCUT2D eigenvalue weighted by molar-refractivity contribution is -0.124. The quantitative estimate of drug-likeness (QED) is 0.642. The molecular weight excluding hydrogens is 228 g/mol. The van der Waals surface area contributed by atoms with E-state index in [0.717, 1.165) is 6.26 Å². The number of nitrogens with one attached hydrogen (secondary N) is 2. The lowest BCUT2D eigenvalue weighted by atomic mass is 9.99. The molecule has 0 aromatic heterocycles. The van der Waals surface area contributed by atoms with Gasteiger partial charge in [0.1, 0.15) is 0 Å². The van der Waals surface area contributed by atoms with Crippen LogP contribution in [0.25, 0.3) is 0 Å². The Labute approximate surface area is 98.0 Å². The normalized spacial score (nSPS) is 14.1. The van der Waals surface area contributed by atoms with Crippen LogP contribution in [0.3, 0.4) is 0 Å². The Bertz CT molecular complexity index is 312. The van der Waals surface area contributed by atoms with Gasteiger partial charge in [-0.25, -0.2) is 13.1 Å². The fourth-order valence-corrected chi connectivity index (χ4v) is 1.87. The standard InChI is InChI=1S/C10H22N2O3S/c1-5-11-9(10(13)8(2)3)6-7-12-16(4,14)15/h8-9,11-12H,5-7H2,1-4H3. The Morgan fingerprint density at radius 1 is 1.31 bits per heavy atom. The van der Waals surface area contributed by atoms with Crippen molar-refractivity contribution in [2.24, 2.45) is 5.92 Å². The van der Waals surface area contributed by atoms with E-state index in [1.54, 1.807) is 0 Å². The Kier molecular flexibility index (Phi) is 6.78. The number of hydrogen-bond donors (Lipinski definition) is 2. The summed E-state index contributed by atoms with van der Waals surface area (Å²) in [5, 5.41) is 3.07. The summed E-state index contributed by atoms with van der Waals surface area (Å²) in [5.41, 5.74) is 0. The van der Waals surface area contributed by atoms with E-state index in [4.69, 9.17) is 0 Å². The highest BCUT2D eigenvalue weighted by molar-refractivity contribution is 7.88. The number of ketones is 1. The second-order valence-corrected chi connectivity index (χ2v) is 5.96. The minimum absolute atomic E-state index is 0.0396. The van der Waals surface area contributed by atoms with Gasteiger partial charge in [-0.1, -0.05) is 20.8 Å². The van der Waals surface area contributed by atoms with Crippen LogP contribution in [0.1, 0.15) is 27.2 Å². The predicted molar refractivity (Wildman–Crippen MR) is 64.8 cm³/mol. The number of rotatable bonds is 8. The topological polar surface area (TPSA) is 75.3 Å². The first-order valence-corrected chi connectivity index (χ1v) is 7.38. The average molecular weight is 250 g/mol. The zero-order valence-electron chi connectivity index (χ0n) is 10.4. The fraction of sp³-hybridized carbons (Fsp3) is 0.900. The van der Waals surface area contributed by atoms with E-state index in [1.165, 1.54) is 0 Å². The minimum atomic E-state index is -3.17. The van der Waals surface area contributed by atoms with Crippen molar-refractivity contribution in [2.75, 3.05) is 19.3 Å². The van der Waals surface area contributed by atoms with Gasteiger partial charge in [0.05, 0.1) is 12.3 Å². The van der Waals surface area contributed by atoms with Crippen molar-refractivity contribution in [3.63, 3.8) is 0 Å². The summed E-state index contributed by atoms with van der Waals surface area (Å²) in [6, 6.07) is -0.265. The molecule has 0 fully saturated rings. The lowest BCUT2D eigenvalue weighted by Crippen LogP contribution is -2.41. The maximum absolute atomic E-state index is 11.7. The minimum Gasteiger partial charge on any atom is -0.308 e. The second-order valence-electron chi connectivity index (χ2n) is 4.12. The molecule has 0 aliphatic rings. The number of carbonyl (C=O) groups is 1. The van der Waals surface area contributed by atoms with Gasteiger partial charge in [-0.2, -0.15) is 0 Å². The summed E-state index contributed by atoms with van der Waals surface area (Å²) in [4.78, 5) is 11.7. The molecule has 0 heterocycles. The summed E-state index contributed by atoms with van der Waals surface area (Å²) < 4.78 is 24.1. The van der Waals surface area contributed by atoms with Gasteiger partial charge in [-0.05, 0) is 13.0 Å². The predicted octanol–water partition coefficient (Wildman–Crippen LogP) is 0.129. The Morgan fingerprint density at radius 2 is 1.88 bits per heavy atom.